The highest BCUT2D eigenvalue weighted by molar-refractivity contribution is 5.65. The lowest BCUT2D eigenvalue weighted by Gasteiger charge is -2.22. The van der Waals surface area contributed by atoms with Crippen molar-refractivity contribution in [2.75, 3.05) is 11.9 Å². The zero-order valence-corrected chi connectivity index (χ0v) is 18.2. The summed E-state index contributed by atoms with van der Waals surface area (Å²) >= 11 is 0. The molecule has 0 amide bonds. The summed E-state index contributed by atoms with van der Waals surface area (Å²) in [4.78, 5) is 2.09. The zero-order chi connectivity index (χ0) is 20.3. The van der Waals surface area contributed by atoms with Crippen molar-refractivity contribution < 1.29 is 5.11 Å². The van der Waals surface area contributed by atoms with Crippen LogP contribution in [0.3, 0.4) is 0 Å². The molecule has 1 N–H and O–H groups in total. The van der Waals surface area contributed by atoms with Gasteiger partial charge in [-0.25, -0.2) is 0 Å². The van der Waals surface area contributed by atoms with Gasteiger partial charge in [-0.05, 0) is 25.1 Å². The number of rotatable bonds is 3. The Bertz CT molecular complexity index is 492. The van der Waals surface area contributed by atoms with Crippen LogP contribution in [-0.2, 0) is 6.61 Å². The lowest BCUT2D eigenvalue weighted by atomic mass is 10.1. The SMILES string of the molecule is CC.CC.CC.CC.Cc1ccc(N(C)c2ccccc2CO)cc1. The lowest BCUT2D eigenvalue weighted by molar-refractivity contribution is 0.282. The fraction of sp³-hybridized carbons (Fsp3) is 0.478. The molecular formula is C23H41NO. The second kappa shape index (κ2) is 20.2. The number of aliphatic hydroxyl groups excluding tert-OH is 1. The molecule has 0 spiro atoms. The van der Waals surface area contributed by atoms with Crippen molar-refractivity contribution in [2.45, 2.75) is 68.9 Å². The summed E-state index contributed by atoms with van der Waals surface area (Å²) in [6, 6.07) is 16.2. The summed E-state index contributed by atoms with van der Waals surface area (Å²) in [5, 5.41) is 9.33. The van der Waals surface area contributed by atoms with Crippen LogP contribution in [0.2, 0.25) is 0 Å². The molecule has 0 heterocycles. The van der Waals surface area contributed by atoms with Gasteiger partial charge in [0, 0.05) is 24.0 Å². The van der Waals surface area contributed by atoms with E-state index in [-0.39, 0.29) is 6.61 Å². The first-order chi connectivity index (χ1) is 12.2. The third kappa shape index (κ3) is 10.6. The summed E-state index contributed by atoms with van der Waals surface area (Å²) in [7, 11) is 2.01. The molecular weight excluding hydrogens is 306 g/mol. The minimum atomic E-state index is 0.0619. The number of para-hydroxylation sites is 1. The average Bonchev–Trinajstić information content (AvgIpc) is 2.74. The van der Waals surface area contributed by atoms with Crippen molar-refractivity contribution in [3.8, 4) is 0 Å². The molecule has 0 fully saturated rings. The van der Waals surface area contributed by atoms with Crippen LogP contribution in [0.4, 0.5) is 11.4 Å². The van der Waals surface area contributed by atoms with E-state index in [1.807, 2.05) is 86.7 Å². The van der Waals surface area contributed by atoms with E-state index >= 15 is 0 Å². The van der Waals surface area contributed by atoms with E-state index in [1.165, 1.54) is 5.56 Å². The highest BCUT2D eigenvalue weighted by Crippen LogP contribution is 2.26. The van der Waals surface area contributed by atoms with Gasteiger partial charge in [0.05, 0.1) is 6.61 Å². The van der Waals surface area contributed by atoms with E-state index in [0.29, 0.717) is 0 Å². The van der Waals surface area contributed by atoms with Gasteiger partial charge in [-0.2, -0.15) is 0 Å². The number of aryl methyl sites for hydroxylation is 1. The monoisotopic (exact) mass is 347 g/mol. The molecule has 0 saturated heterocycles. The molecule has 0 saturated carbocycles. The molecule has 0 aliphatic rings. The van der Waals surface area contributed by atoms with Crippen LogP contribution in [0.15, 0.2) is 48.5 Å². The van der Waals surface area contributed by atoms with Crippen molar-refractivity contribution in [3.05, 3.63) is 59.7 Å². The highest BCUT2D eigenvalue weighted by atomic mass is 16.3. The quantitative estimate of drug-likeness (QED) is 0.627. The van der Waals surface area contributed by atoms with E-state index in [2.05, 4.69) is 36.1 Å². The highest BCUT2D eigenvalue weighted by Gasteiger charge is 2.07. The van der Waals surface area contributed by atoms with Crippen LogP contribution in [0.1, 0.15) is 66.5 Å². The molecule has 0 atom stereocenters. The van der Waals surface area contributed by atoms with E-state index < -0.39 is 0 Å². The Morgan fingerprint density at radius 3 is 1.60 bits per heavy atom. The fourth-order valence-corrected chi connectivity index (χ4v) is 1.88. The Morgan fingerprint density at radius 2 is 1.16 bits per heavy atom. The number of hydrogen-bond acceptors (Lipinski definition) is 2. The molecule has 2 aromatic rings. The van der Waals surface area contributed by atoms with Gasteiger partial charge in [-0.15, -0.1) is 0 Å². The van der Waals surface area contributed by atoms with Gasteiger partial charge < -0.3 is 10.0 Å². The van der Waals surface area contributed by atoms with Crippen LogP contribution >= 0.6 is 0 Å². The predicted octanol–water partition coefficient (Wildman–Crippen LogP) is 7.36. The molecule has 2 rings (SSSR count). The summed E-state index contributed by atoms with van der Waals surface area (Å²) in [5.41, 5.74) is 4.35. The first-order valence-corrected chi connectivity index (χ1v) is 9.71. The van der Waals surface area contributed by atoms with Gasteiger partial charge in [-0.3, -0.25) is 0 Å². The summed E-state index contributed by atoms with van der Waals surface area (Å²) in [5.74, 6) is 0. The molecule has 25 heavy (non-hydrogen) atoms. The Kier molecular flexibility index (Phi) is 22.7. The summed E-state index contributed by atoms with van der Waals surface area (Å²) in [6.07, 6.45) is 0. The third-order valence-corrected chi connectivity index (χ3v) is 2.94. The molecule has 0 radical (unpaired) electrons. The average molecular weight is 348 g/mol. The van der Waals surface area contributed by atoms with Crippen molar-refractivity contribution in [1.82, 2.24) is 0 Å². The van der Waals surface area contributed by atoms with Crippen LogP contribution in [0.5, 0.6) is 0 Å². The van der Waals surface area contributed by atoms with Crippen LogP contribution < -0.4 is 4.90 Å². The smallest absolute Gasteiger partial charge is 0.0702 e. The van der Waals surface area contributed by atoms with Crippen LogP contribution in [0, 0.1) is 6.92 Å². The summed E-state index contributed by atoms with van der Waals surface area (Å²) < 4.78 is 0. The molecule has 2 aromatic carbocycles. The molecule has 2 nitrogen and oxygen atoms in total. The van der Waals surface area contributed by atoms with E-state index in [0.717, 1.165) is 16.9 Å². The Hall–Kier alpha value is -1.80. The van der Waals surface area contributed by atoms with Crippen molar-refractivity contribution >= 4 is 11.4 Å². The van der Waals surface area contributed by atoms with Gasteiger partial charge in [0.15, 0.2) is 0 Å². The fourth-order valence-electron chi connectivity index (χ4n) is 1.88. The third-order valence-electron chi connectivity index (χ3n) is 2.94. The summed E-state index contributed by atoms with van der Waals surface area (Å²) in [6.45, 7) is 18.1. The number of anilines is 2. The molecule has 0 aromatic heterocycles. The maximum atomic E-state index is 9.33. The molecule has 0 aliphatic heterocycles. The molecule has 0 bridgehead atoms. The molecule has 0 unspecified atom stereocenters. The van der Waals surface area contributed by atoms with Gasteiger partial charge >= 0.3 is 0 Å². The number of hydrogen-bond donors (Lipinski definition) is 1. The van der Waals surface area contributed by atoms with Gasteiger partial charge in [-0.1, -0.05) is 91.3 Å². The van der Waals surface area contributed by atoms with Crippen molar-refractivity contribution in [2.24, 2.45) is 0 Å². The largest absolute Gasteiger partial charge is 0.392 e. The second-order valence-electron chi connectivity index (χ2n) is 4.18. The zero-order valence-electron chi connectivity index (χ0n) is 18.2. The maximum Gasteiger partial charge on any atom is 0.0702 e. The normalized spacial score (nSPS) is 7.96. The Labute approximate surface area is 157 Å². The molecule has 2 heteroatoms. The number of aliphatic hydroxyl groups is 1. The van der Waals surface area contributed by atoms with Gasteiger partial charge in [0.1, 0.15) is 0 Å². The lowest BCUT2D eigenvalue weighted by Crippen LogP contribution is -2.11. The Balaban J connectivity index is -0.000000533. The standard InChI is InChI=1S/C15H17NO.4C2H6/c1-12-7-9-14(10-8-12)16(2)15-6-4-3-5-13(15)11-17;4*1-2/h3-10,17H,11H2,1-2H3;4*1-2H3. The predicted molar refractivity (Wildman–Crippen MR) is 117 cm³/mol. The van der Waals surface area contributed by atoms with Crippen LogP contribution in [-0.4, -0.2) is 12.2 Å². The van der Waals surface area contributed by atoms with E-state index in [1.54, 1.807) is 0 Å². The molecule has 0 aliphatic carbocycles. The first kappa shape index (κ1) is 28.0. The number of nitrogens with zero attached hydrogens (tertiary/aromatic N) is 1. The minimum Gasteiger partial charge on any atom is -0.392 e. The van der Waals surface area contributed by atoms with E-state index in [4.69, 9.17) is 0 Å². The van der Waals surface area contributed by atoms with Crippen molar-refractivity contribution in [3.63, 3.8) is 0 Å². The maximum absolute atomic E-state index is 9.33. The second-order valence-corrected chi connectivity index (χ2v) is 4.18. The first-order valence-electron chi connectivity index (χ1n) is 9.71. The van der Waals surface area contributed by atoms with Crippen LogP contribution in [0.25, 0.3) is 0 Å². The van der Waals surface area contributed by atoms with Crippen molar-refractivity contribution in [1.29, 1.82) is 0 Å². The van der Waals surface area contributed by atoms with E-state index in [9.17, 15) is 5.11 Å². The van der Waals surface area contributed by atoms with Gasteiger partial charge in [0.2, 0.25) is 0 Å². The van der Waals surface area contributed by atoms with Gasteiger partial charge in [0.25, 0.3) is 0 Å². The Morgan fingerprint density at radius 1 is 0.720 bits per heavy atom. The molecule has 144 valence electrons. The number of benzene rings is 2. The topological polar surface area (TPSA) is 23.5 Å². The minimum absolute atomic E-state index is 0.0619.